The van der Waals surface area contributed by atoms with E-state index in [0.717, 1.165) is 43.6 Å². The monoisotopic (exact) mass is 1140 g/mol. The number of allylic oxidation sites excluding steroid dienone is 11. The number of hydrogen-bond acceptors (Lipinski definition) is 4. The van der Waals surface area contributed by atoms with Gasteiger partial charge >= 0.3 is 278 Å². The van der Waals surface area contributed by atoms with Gasteiger partial charge in [-0.05, 0) is 48.6 Å². The van der Waals surface area contributed by atoms with E-state index >= 15 is 0 Å². The van der Waals surface area contributed by atoms with E-state index in [1.807, 2.05) is 40.6 Å². The Morgan fingerprint density at radius 3 is 1.70 bits per heavy atom. The molecule has 0 saturated heterocycles. The van der Waals surface area contributed by atoms with Crippen molar-refractivity contribution in [2.24, 2.45) is 11.8 Å². The molecule has 351 valence electrons. The Bertz CT molecular complexity index is 2980. The van der Waals surface area contributed by atoms with Gasteiger partial charge in [0.15, 0.2) is 0 Å². The molecule has 0 amide bonds. The van der Waals surface area contributed by atoms with E-state index in [1.54, 1.807) is 0 Å². The second-order valence-electron chi connectivity index (χ2n) is 19.0. The molecule has 3 aliphatic rings. The van der Waals surface area contributed by atoms with E-state index in [9.17, 15) is 0 Å². The molecule has 1 saturated carbocycles. The minimum atomic E-state index is -2.38. The van der Waals surface area contributed by atoms with Crippen LogP contribution in [0.25, 0.3) is 29.4 Å². The van der Waals surface area contributed by atoms with Crippen LogP contribution in [0, 0.1) is 16.2 Å². The van der Waals surface area contributed by atoms with Crippen LogP contribution in [0.4, 0.5) is 0 Å². The van der Waals surface area contributed by atoms with Crippen LogP contribution >= 0.6 is 29.9 Å². The van der Waals surface area contributed by atoms with Crippen molar-refractivity contribution < 1.29 is 27.4 Å². The van der Waals surface area contributed by atoms with Crippen molar-refractivity contribution in [3.8, 4) is 15.9 Å². The van der Waals surface area contributed by atoms with Crippen LogP contribution in [0.15, 0.2) is 168 Å². The summed E-state index contributed by atoms with van der Waals surface area (Å²) in [6.45, 7) is 14.6. The maximum absolute atomic E-state index is 6.86. The Morgan fingerprint density at radius 1 is 0.667 bits per heavy atom. The SMILES string of the molecule is CC=C1CCCC1=CC(/C=C/Cc1ccc(C2=Cc3c(c(OCC(C)C)c4c(c3OCC(C)C)CC(c3ccc(/C=C/C)s3)=C4)C2)s1)=C([C]#[Os])[P+](c1ccccc1)(c1ccccc1)c1ccccc1. The van der Waals surface area contributed by atoms with Gasteiger partial charge in [0.2, 0.25) is 0 Å². The molecule has 2 nitrogen and oxygen atoms in total. The number of rotatable bonds is 17. The number of ether oxygens (including phenoxy) is 2. The molecule has 1 fully saturated rings. The number of fused-ring (bicyclic) bond motifs is 2. The molecule has 0 aliphatic heterocycles. The van der Waals surface area contributed by atoms with Crippen LogP contribution in [0.3, 0.4) is 0 Å². The number of thiophene rings is 2. The summed E-state index contributed by atoms with van der Waals surface area (Å²) < 4.78 is 17.7. The summed E-state index contributed by atoms with van der Waals surface area (Å²) in [5.41, 5.74) is 11.8. The summed E-state index contributed by atoms with van der Waals surface area (Å²) in [6, 6.07) is 42.8. The molecule has 0 N–H and O–H groups in total. The predicted molar refractivity (Wildman–Crippen MR) is 298 cm³/mol. The summed E-state index contributed by atoms with van der Waals surface area (Å²) >= 11 is 5.63. The molecule has 0 radical (unpaired) electrons. The first kappa shape index (κ1) is 48.9. The van der Waals surface area contributed by atoms with Crippen molar-refractivity contribution in [1.29, 1.82) is 0 Å². The van der Waals surface area contributed by atoms with E-state index in [4.69, 9.17) is 9.47 Å². The van der Waals surface area contributed by atoms with E-state index in [1.165, 1.54) is 97.3 Å². The molecule has 0 bridgehead atoms. The summed E-state index contributed by atoms with van der Waals surface area (Å²) in [6.07, 6.45) is 24.7. The molecular weight excluding hydrogens is 1070 g/mol. The molecule has 2 heterocycles. The molecule has 9 rings (SSSR count). The molecule has 0 spiro atoms. The number of benzene rings is 4. The van der Waals surface area contributed by atoms with E-state index in [2.05, 4.69) is 210 Å². The quantitative estimate of drug-likeness (QED) is 0.0669. The van der Waals surface area contributed by atoms with Gasteiger partial charge < -0.3 is 9.47 Å². The van der Waals surface area contributed by atoms with Gasteiger partial charge in [0.1, 0.15) is 11.5 Å². The van der Waals surface area contributed by atoms with Crippen LogP contribution in [-0.2, 0) is 37.2 Å². The van der Waals surface area contributed by atoms with E-state index in [0.29, 0.717) is 25.0 Å². The summed E-state index contributed by atoms with van der Waals surface area (Å²) in [7, 11) is -2.38. The van der Waals surface area contributed by atoms with Gasteiger partial charge in [0.25, 0.3) is 0 Å². The summed E-state index contributed by atoms with van der Waals surface area (Å²) in [5.74, 6) is 2.89. The zero-order valence-electron chi connectivity index (χ0n) is 40.8. The van der Waals surface area contributed by atoms with Gasteiger partial charge in [-0.25, -0.2) is 0 Å². The average Bonchev–Trinajstić information content (AvgIpc) is 4.24. The van der Waals surface area contributed by atoms with Crippen LogP contribution in [-0.4, -0.2) is 13.2 Å². The topological polar surface area (TPSA) is 18.5 Å². The molecule has 0 atom stereocenters. The van der Waals surface area contributed by atoms with Crippen molar-refractivity contribution in [3.63, 3.8) is 0 Å². The normalized spacial score (nSPS) is 16.2. The zero-order chi connectivity index (χ0) is 47.9. The van der Waals surface area contributed by atoms with Gasteiger partial charge in [-0.15, -0.1) is 11.3 Å². The molecule has 3 aliphatic carbocycles. The van der Waals surface area contributed by atoms with E-state index in [-0.39, 0.29) is 0 Å². The number of hydrogen-bond donors (Lipinski definition) is 0. The van der Waals surface area contributed by atoms with Crippen LogP contribution in [0.2, 0.25) is 0 Å². The first-order valence-corrected chi connectivity index (χ1v) is 29.3. The van der Waals surface area contributed by atoms with Gasteiger partial charge in [0.05, 0.1) is 13.2 Å². The van der Waals surface area contributed by atoms with Crippen molar-refractivity contribution >= 4 is 75.2 Å². The molecular formula is C63H63O2OsPS2+. The first-order chi connectivity index (χ1) is 33.7. The zero-order valence-corrected chi connectivity index (χ0v) is 45.9. The fourth-order valence-electron chi connectivity index (χ4n) is 9.98. The Hall–Kier alpha value is -5.09. The third-order valence-corrected chi connectivity index (χ3v) is 20.9. The third kappa shape index (κ3) is 10.4. The van der Waals surface area contributed by atoms with Crippen molar-refractivity contribution in [3.05, 3.63) is 209 Å². The summed E-state index contributed by atoms with van der Waals surface area (Å²) in [4.78, 5) is 5.25. The molecule has 6 heteroatoms. The standard InChI is InChI=1S/C63H63O2PS2.Os/c1-8-21-54-32-34-60(67-54)49-37-56-57(38-49)63(65-42-44(5)6)59-40-50(39-58(59)62(56)64-41-43(3)4)61-35-33-55(68-61)31-20-23-47(36-48-24-19-22-46(48)9-2)45(7)66(51-25-13-10-14-26-51,52-27-15-11-16-28-52)53-29-17-12-18-30-53;/h8-18,20-21,23,25-30,32-37,40,43-44H,19,22,24,31,38-39,41-42H2,1-6H3;/q+1;/b21-8+,23-20+,46-9?,47-45?,48-36?;. The molecule has 69 heavy (non-hydrogen) atoms. The minimum absolute atomic E-state index is 0.410. The Labute approximate surface area is 430 Å². The fourth-order valence-corrected chi connectivity index (χ4v) is 17.8. The second-order valence-corrected chi connectivity index (χ2v) is 25.3. The van der Waals surface area contributed by atoms with Gasteiger partial charge in [0, 0.05) is 27.3 Å². The molecule has 0 unspecified atom stereocenters. The average molecular weight is 1140 g/mol. The summed E-state index contributed by atoms with van der Waals surface area (Å²) in [5, 5.41) is 5.30. The van der Waals surface area contributed by atoms with Crippen LogP contribution < -0.4 is 25.4 Å². The second kappa shape index (κ2) is 22.3. The maximum atomic E-state index is 6.86. The van der Waals surface area contributed by atoms with Crippen LogP contribution in [0.1, 0.15) is 103 Å². The van der Waals surface area contributed by atoms with Crippen LogP contribution in [0.5, 0.6) is 11.5 Å². The molecule has 6 aromatic rings. The molecule has 2 aromatic heterocycles. The first-order valence-electron chi connectivity index (χ1n) is 24.6. The Balaban J connectivity index is 1.09. The van der Waals surface area contributed by atoms with E-state index < -0.39 is 7.26 Å². The van der Waals surface area contributed by atoms with Crippen molar-refractivity contribution in [2.45, 2.75) is 80.1 Å². The fraction of sp³-hybridized carbons (Fsp3) is 0.254. The van der Waals surface area contributed by atoms with Crippen molar-refractivity contribution in [2.75, 3.05) is 13.2 Å². The van der Waals surface area contributed by atoms with Gasteiger partial charge in [-0.1, -0.05) is 33.8 Å². The third-order valence-electron chi connectivity index (χ3n) is 13.2. The Kier molecular flexibility index (Phi) is 15.8. The Morgan fingerprint density at radius 2 is 1.19 bits per heavy atom. The predicted octanol–water partition coefficient (Wildman–Crippen LogP) is 16.0. The van der Waals surface area contributed by atoms with Gasteiger partial charge in [-0.2, -0.15) is 0 Å². The van der Waals surface area contributed by atoms with Gasteiger partial charge in [-0.3, -0.25) is 0 Å². The van der Waals surface area contributed by atoms with Crippen molar-refractivity contribution in [1.82, 2.24) is 0 Å². The molecule has 4 aromatic carbocycles.